The molecule has 0 radical (unpaired) electrons. The molecule has 1 atom stereocenters. The highest BCUT2D eigenvalue weighted by Gasteiger charge is 2.27. The standard InChI is InChI=1S/C14H22N2OS/c1-10(2)15(4)14(17)9-16-7-5-13-12(11(16)3)6-8-18-13/h6,8,10-11H,5,7,9H2,1-4H3/t11-/m1/s1. The minimum absolute atomic E-state index is 0.218. The molecule has 1 aromatic rings. The molecule has 18 heavy (non-hydrogen) atoms. The molecule has 1 aliphatic heterocycles. The van der Waals surface area contributed by atoms with Gasteiger partial charge in [-0.15, -0.1) is 11.3 Å². The Kier molecular flexibility index (Phi) is 4.07. The minimum Gasteiger partial charge on any atom is -0.342 e. The molecule has 0 aromatic carbocycles. The summed E-state index contributed by atoms with van der Waals surface area (Å²) >= 11 is 1.84. The molecule has 2 rings (SSSR count). The maximum absolute atomic E-state index is 12.1. The Labute approximate surface area is 113 Å². The predicted octanol–water partition coefficient (Wildman–Crippen LogP) is 2.53. The number of carbonyl (C=O) groups excluding carboxylic acids is 1. The Morgan fingerprint density at radius 3 is 3.00 bits per heavy atom. The number of carbonyl (C=O) groups is 1. The first kappa shape index (κ1) is 13.6. The van der Waals surface area contributed by atoms with Crippen LogP contribution < -0.4 is 0 Å². The summed E-state index contributed by atoms with van der Waals surface area (Å²) in [5, 5.41) is 2.16. The highest BCUT2D eigenvalue weighted by Crippen LogP contribution is 2.32. The van der Waals surface area contributed by atoms with Crippen LogP contribution in [0.15, 0.2) is 11.4 Å². The van der Waals surface area contributed by atoms with E-state index >= 15 is 0 Å². The molecule has 0 spiro atoms. The Balaban J connectivity index is 2.02. The van der Waals surface area contributed by atoms with E-state index < -0.39 is 0 Å². The van der Waals surface area contributed by atoms with Gasteiger partial charge in [0.25, 0.3) is 0 Å². The fourth-order valence-electron chi connectivity index (χ4n) is 2.35. The summed E-state index contributed by atoms with van der Waals surface area (Å²) in [7, 11) is 1.89. The van der Waals surface area contributed by atoms with E-state index in [9.17, 15) is 4.79 Å². The molecule has 1 amide bonds. The lowest BCUT2D eigenvalue weighted by Gasteiger charge is -2.34. The van der Waals surface area contributed by atoms with E-state index in [4.69, 9.17) is 0 Å². The normalized spacial score (nSPS) is 19.9. The van der Waals surface area contributed by atoms with Crippen LogP contribution in [0.4, 0.5) is 0 Å². The SMILES string of the molecule is CC(C)N(C)C(=O)CN1CCc2sccc2[C@H]1C. The van der Waals surface area contributed by atoms with Crippen molar-refractivity contribution in [3.8, 4) is 0 Å². The van der Waals surface area contributed by atoms with E-state index in [-0.39, 0.29) is 11.9 Å². The monoisotopic (exact) mass is 266 g/mol. The maximum Gasteiger partial charge on any atom is 0.236 e. The van der Waals surface area contributed by atoms with Crippen molar-refractivity contribution < 1.29 is 4.79 Å². The largest absolute Gasteiger partial charge is 0.342 e. The van der Waals surface area contributed by atoms with E-state index in [1.807, 2.05) is 23.3 Å². The lowest BCUT2D eigenvalue weighted by Crippen LogP contribution is -2.44. The molecule has 0 bridgehead atoms. The fraction of sp³-hybridized carbons (Fsp3) is 0.643. The van der Waals surface area contributed by atoms with Crippen molar-refractivity contribution in [1.82, 2.24) is 9.80 Å². The zero-order valence-electron chi connectivity index (χ0n) is 11.6. The first-order chi connectivity index (χ1) is 8.50. The maximum atomic E-state index is 12.1. The molecule has 100 valence electrons. The molecule has 3 nitrogen and oxygen atoms in total. The van der Waals surface area contributed by atoms with Gasteiger partial charge < -0.3 is 4.90 Å². The Morgan fingerprint density at radius 1 is 1.61 bits per heavy atom. The van der Waals surface area contributed by atoms with Gasteiger partial charge in [0.15, 0.2) is 0 Å². The summed E-state index contributed by atoms with van der Waals surface area (Å²) in [6.45, 7) is 7.83. The third-order valence-electron chi connectivity index (χ3n) is 3.91. The van der Waals surface area contributed by atoms with Gasteiger partial charge in [0.05, 0.1) is 6.54 Å². The van der Waals surface area contributed by atoms with Gasteiger partial charge in [0.1, 0.15) is 0 Å². The Bertz CT molecular complexity index is 427. The minimum atomic E-state index is 0.218. The highest BCUT2D eigenvalue weighted by atomic mass is 32.1. The van der Waals surface area contributed by atoms with E-state index in [1.54, 1.807) is 0 Å². The molecule has 2 heterocycles. The Morgan fingerprint density at radius 2 is 2.33 bits per heavy atom. The summed E-state index contributed by atoms with van der Waals surface area (Å²) in [4.78, 5) is 17.7. The van der Waals surface area contributed by atoms with Crippen molar-refractivity contribution in [3.63, 3.8) is 0 Å². The summed E-state index contributed by atoms with van der Waals surface area (Å²) < 4.78 is 0. The molecule has 1 aromatic heterocycles. The number of nitrogens with zero attached hydrogens (tertiary/aromatic N) is 2. The highest BCUT2D eigenvalue weighted by molar-refractivity contribution is 7.10. The van der Waals surface area contributed by atoms with Crippen molar-refractivity contribution in [3.05, 3.63) is 21.9 Å². The second-order valence-electron chi connectivity index (χ2n) is 5.29. The smallest absolute Gasteiger partial charge is 0.236 e. The topological polar surface area (TPSA) is 23.6 Å². The lowest BCUT2D eigenvalue weighted by atomic mass is 10.0. The lowest BCUT2D eigenvalue weighted by molar-refractivity contribution is -0.133. The fourth-order valence-corrected chi connectivity index (χ4v) is 3.31. The van der Waals surface area contributed by atoms with E-state index in [0.29, 0.717) is 12.6 Å². The van der Waals surface area contributed by atoms with Gasteiger partial charge in [0.2, 0.25) is 5.91 Å². The molecule has 0 N–H and O–H groups in total. The second-order valence-corrected chi connectivity index (χ2v) is 6.29. The number of thiophene rings is 1. The van der Waals surface area contributed by atoms with Crippen LogP contribution in [0.3, 0.4) is 0 Å². The molecular weight excluding hydrogens is 244 g/mol. The molecule has 4 heteroatoms. The zero-order chi connectivity index (χ0) is 13.3. The van der Waals surface area contributed by atoms with Gasteiger partial charge in [-0.05, 0) is 44.2 Å². The molecule has 0 saturated carbocycles. The van der Waals surface area contributed by atoms with Gasteiger partial charge in [-0.1, -0.05) is 0 Å². The van der Waals surface area contributed by atoms with Gasteiger partial charge in [-0.2, -0.15) is 0 Å². The number of hydrogen-bond donors (Lipinski definition) is 0. The van der Waals surface area contributed by atoms with Crippen molar-refractivity contribution >= 4 is 17.2 Å². The van der Waals surface area contributed by atoms with E-state index in [0.717, 1.165) is 13.0 Å². The quantitative estimate of drug-likeness (QED) is 0.839. The van der Waals surface area contributed by atoms with Crippen LogP contribution in [0.25, 0.3) is 0 Å². The third-order valence-corrected chi connectivity index (χ3v) is 4.91. The third kappa shape index (κ3) is 2.59. The van der Waals surface area contributed by atoms with Crippen molar-refractivity contribution in [2.75, 3.05) is 20.1 Å². The summed E-state index contributed by atoms with van der Waals surface area (Å²) in [6.07, 6.45) is 1.08. The zero-order valence-corrected chi connectivity index (χ0v) is 12.5. The van der Waals surface area contributed by atoms with E-state index in [2.05, 4.69) is 37.1 Å². The first-order valence-corrected chi connectivity index (χ1v) is 7.44. The summed E-state index contributed by atoms with van der Waals surface area (Å²) in [5.74, 6) is 0.218. The molecule has 0 fully saturated rings. The van der Waals surface area contributed by atoms with Crippen molar-refractivity contribution in [2.24, 2.45) is 0 Å². The molecule has 1 aliphatic rings. The molecule has 0 aliphatic carbocycles. The molecule has 0 saturated heterocycles. The average Bonchev–Trinajstić information content (AvgIpc) is 2.80. The number of amides is 1. The second kappa shape index (κ2) is 5.41. The van der Waals surface area contributed by atoms with Crippen LogP contribution in [0, 0.1) is 0 Å². The Hall–Kier alpha value is -0.870. The number of likely N-dealkylation sites (N-methyl/N-ethyl adjacent to an activating group) is 1. The van der Waals surface area contributed by atoms with Crippen LogP contribution in [0.1, 0.15) is 37.3 Å². The predicted molar refractivity (Wildman–Crippen MR) is 75.9 cm³/mol. The van der Waals surface area contributed by atoms with Gasteiger partial charge in [-0.25, -0.2) is 0 Å². The van der Waals surface area contributed by atoms with Crippen LogP contribution in [-0.2, 0) is 11.2 Å². The molecular formula is C14H22N2OS. The van der Waals surface area contributed by atoms with Gasteiger partial charge >= 0.3 is 0 Å². The number of rotatable bonds is 3. The van der Waals surface area contributed by atoms with E-state index in [1.165, 1.54) is 10.4 Å². The number of fused-ring (bicyclic) bond motifs is 1. The number of hydrogen-bond acceptors (Lipinski definition) is 3. The van der Waals surface area contributed by atoms with Crippen LogP contribution >= 0.6 is 11.3 Å². The summed E-state index contributed by atoms with van der Waals surface area (Å²) in [6, 6.07) is 2.84. The summed E-state index contributed by atoms with van der Waals surface area (Å²) in [5.41, 5.74) is 1.41. The first-order valence-electron chi connectivity index (χ1n) is 6.56. The van der Waals surface area contributed by atoms with Gasteiger partial charge in [-0.3, -0.25) is 9.69 Å². The van der Waals surface area contributed by atoms with Crippen LogP contribution in [-0.4, -0.2) is 41.9 Å². The van der Waals surface area contributed by atoms with Crippen molar-refractivity contribution in [1.29, 1.82) is 0 Å². The van der Waals surface area contributed by atoms with Crippen LogP contribution in [0.2, 0.25) is 0 Å². The van der Waals surface area contributed by atoms with Gasteiger partial charge in [0, 0.05) is 30.6 Å². The van der Waals surface area contributed by atoms with Crippen molar-refractivity contribution in [2.45, 2.75) is 39.3 Å². The van der Waals surface area contributed by atoms with Crippen LogP contribution in [0.5, 0.6) is 0 Å². The average molecular weight is 266 g/mol. The molecule has 0 unspecified atom stereocenters.